The Bertz CT molecular complexity index is 172. The molecule has 3 N–H and O–H groups in total. The number of nitrogens with zero attached hydrogens (tertiary/aromatic N) is 2. The molecule has 0 radical (unpaired) electrons. The van der Waals surface area contributed by atoms with Crippen LogP contribution in [0, 0.1) is 0 Å². The minimum atomic E-state index is 0.0691. The maximum absolute atomic E-state index is 8.33. The molecule has 1 saturated heterocycles. The van der Waals surface area contributed by atoms with Crippen molar-refractivity contribution in [2.75, 3.05) is 26.7 Å². The van der Waals surface area contributed by atoms with Crippen molar-refractivity contribution in [1.82, 2.24) is 4.90 Å². The molecule has 0 spiro atoms. The molecule has 0 aliphatic carbocycles. The molecule has 0 bridgehead atoms. The molecule has 1 rings (SSSR count). The number of morpholine rings is 1. The van der Waals surface area contributed by atoms with Crippen LogP contribution in [0.5, 0.6) is 0 Å². The summed E-state index contributed by atoms with van der Waals surface area (Å²) in [6.07, 6.45) is 0.570. The van der Waals surface area contributed by atoms with E-state index in [-0.39, 0.29) is 11.9 Å². The lowest BCUT2D eigenvalue weighted by Gasteiger charge is -2.29. The van der Waals surface area contributed by atoms with Gasteiger partial charge in [0, 0.05) is 19.5 Å². The van der Waals surface area contributed by atoms with Gasteiger partial charge in [-0.3, -0.25) is 0 Å². The van der Waals surface area contributed by atoms with Crippen LogP contribution < -0.4 is 5.73 Å². The highest BCUT2D eigenvalue weighted by Gasteiger charge is 2.18. The van der Waals surface area contributed by atoms with Crippen molar-refractivity contribution in [3.05, 3.63) is 0 Å². The molecule has 5 heteroatoms. The molecular weight excluding hydrogens is 158 g/mol. The first-order chi connectivity index (χ1) is 5.72. The van der Waals surface area contributed by atoms with Crippen molar-refractivity contribution in [2.45, 2.75) is 12.5 Å². The predicted octanol–water partition coefficient (Wildman–Crippen LogP) is -0.546. The minimum absolute atomic E-state index is 0.0691. The van der Waals surface area contributed by atoms with Crippen LogP contribution in [-0.4, -0.2) is 48.8 Å². The van der Waals surface area contributed by atoms with Crippen LogP contribution in [0.25, 0.3) is 0 Å². The molecule has 1 unspecified atom stereocenters. The number of ether oxygens (including phenoxy) is 1. The number of hydrogen-bond donors (Lipinski definition) is 2. The summed E-state index contributed by atoms with van der Waals surface area (Å²) in [7, 11) is 2.03. The molecule has 0 saturated carbocycles. The van der Waals surface area contributed by atoms with Gasteiger partial charge in [0.05, 0.1) is 12.7 Å². The van der Waals surface area contributed by atoms with Crippen LogP contribution in [0.15, 0.2) is 5.16 Å². The molecule has 0 aromatic rings. The van der Waals surface area contributed by atoms with E-state index in [0.29, 0.717) is 6.42 Å². The maximum Gasteiger partial charge on any atom is 0.141 e. The number of rotatable bonds is 2. The van der Waals surface area contributed by atoms with Crippen molar-refractivity contribution >= 4 is 5.84 Å². The van der Waals surface area contributed by atoms with E-state index in [2.05, 4.69) is 10.1 Å². The van der Waals surface area contributed by atoms with Gasteiger partial charge in [0.2, 0.25) is 0 Å². The zero-order valence-electron chi connectivity index (χ0n) is 7.23. The zero-order valence-corrected chi connectivity index (χ0v) is 7.23. The molecule has 5 nitrogen and oxygen atoms in total. The average Bonchev–Trinajstić information content (AvgIpc) is 2.04. The van der Waals surface area contributed by atoms with Gasteiger partial charge < -0.3 is 20.6 Å². The van der Waals surface area contributed by atoms with E-state index in [0.717, 1.165) is 19.7 Å². The second kappa shape index (κ2) is 4.27. The molecule has 12 heavy (non-hydrogen) atoms. The summed E-state index contributed by atoms with van der Waals surface area (Å²) >= 11 is 0. The van der Waals surface area contributed by atoms with E-state index in [4.69, 9.17) is 15.7 Å². The summed E-state index contributed by atoms with van der Waals surface area (Å²) in [5.74, 6) is 0.232. The van der Waals surface area contributed by atoms with Crippen LogP contribution in [0.1, 0.15) is 6.42 Å². The number of oxime groups is 1. The Hall–Kier alpha value is -0.810. The molecule has 1 heterocycles. The topological polar surface area (TPSA) is 71.1 Å². The van der Waals surface area contributed by atoms with Crippen molar-refractivity contribution < 1.29 is 9.94 Å². The third kappa shape index (κ3) is 2.67. The van der Waals surface area contributed by atoms with Crippen LogP contribution in [-0.2, 0) is 4.74 Å². The van der Waals surface area contributed by atoms with E-state index in [1.807, 2.05) is 7.05 Å². The van der Waals surface area contributed by atoms with E-state index in [1.54, 1.807) is 0 Å². The second-order valence-electron chi connectivity index (χ2n) is 3.05. The van der Waals surface area contributed by atoms with Crippen molar-refractivity contribution in [2.24, 2.45) is 10.9 Å². The number of likely N-dealkylation sites (N-methyl/N-ethyl adjacent to an activating group) is 1. The molecule has 1 atom stereocenters. The van der Waals surface area contributed by atoms with E-state index >= 15 is 0 Å². The monoisotopic (exact) mass is 173 g/mol. The van der Waals surface area contributed by atoms with Gasteiger partial charge >= 0.3 is 0 Å². The lowest BCUT2D eigenvalue weighted by molar-refractivity contribution is -0.0153. The fourth-order valence-electron chi connectivity index (χ4n) is 1.26. The molecule has 70 valence electrons. The standard InChI is InChI=1S/C7H15N3O2/c1-10-2-3-12-6(5-10)4-7(8)9-11/h6,11H,2-5H2,1H3,(H2,8,9). The van der Waals surface area contributed by atoms with E-state index < -0.39 is 0 Å². The molecule has 1 aliphatic rings. The molecule has 0 amide bonds. The maximum atomic E-state index is 8.33. The molecule has 0 aromatic carbocycles. The average molecular weight is 173 g/mol. The first-order valence-electron chi connectivity index (χ1n) is 3.99. The Kier molecular flexibility index (Phi) is 3.31. The van der Waals surface area contributed by atoms with Gasteiger partial charge in [-0.25, -0.2) is 0 Å². The summed E-state index contributed by atoms with van der Waals surface area (Å²) in [6, 6.07) is 0. The highest BCUT2D eigenvalue weighted by molar-refractivity contribution is 5.80. The Morgan fingerprint density at radius 1 is 1.83 bits per heavy atom. The van der Waals surface area contributed by atoms with Crippen molar-refractivity contribution in [3.63, 3.8) is 0 Å². The minimum Gasteiger partial charge on any atom is -0.409 e. The molecular formula is C7H15N3O2. The summed E-state index contributed by atoms with van der Waals surface area (Å²) in [6.45, 7) is 2.52. The van der Waals surface area contributed by atoms with Gasteiger partial charge in [-0.05, 0) is 7.05 Å². The van der Waals surface area contributed by atoms with Crippen molar-refractivity contribution in [1.29, 1.82) is 0 Å². The van der Waals surface area contributed by atoms with Crippen LogP contribution >= 0.6 is 0 Å². The van der Waals surface area contributed by atoms with Gasteiger partial charge in [0.1, 0.15) is 5.84 Å². The first-order valence-corrected chi connectivity index (χ1v) is 3.99. The molecule has 1 fully saturated rings. The third-order valence-electron chi connectivity index (χ3n) is 1.91. The van der Waals surface area contributed by atoms with Gasteiger partial charge in [-0.2, -0.15) is 0 Å². The van der Waals surface area contributed by atoms with E-state index in [9.17, 15) is 0 Å². The Labute approximate surface area is 71.8 Å². The first kappa shape index (κ1) is 9.28. The normalized spacial score (nSPS) is 27.4. The van der Waals surface area contributed by atoms with E-state index in [1.165, 1.54) is 0 Å². The van der Waals surface area contributed by atoms with Crippen LogP contribution in [0.3, 0.4) is 0 Å². The van der Waals surface area contributed by atoms with Crippen LogP contribution in [0.4, 0.5) is 0 Å². The molecule has 1 aliphatic heterocycles. The quantitative estimate of drug-likeness (QED) is 0.254. The second-order valence-corrected chi connectivity index (χ2v) is 3.05. The highest BCUT2D eigenvalue weighted by Crippen LogP contribution is 2.06. The smallest absolute Gasteiger partial charge is 0.141 e. The van der Waals surface area contributed by atoms with Gasteiger partial charge in [0.25, 0.3) is 0 Å². The number of hydrogen-bond acceptors (Lipinski definition) is 4. The predicted molar refractivity (Wildman–Crippen MR) is 45.3 cm³/mol. The Morgan fingerprint density at radius 3 is 3.17 bits per heavy atom. The Balaban J connectivity index is 2.32. The lowest BCUT2D eigenvalue weighted by atomic mass is 10.2. The zero-order chi connectivity index (χ0) is 8.97. The summed E-state index contributed by atoms with van der Waals surface area (Å²) in [5.41, 5.74) is 5.35. The fraction of sp³-hybridized carbons (Fsp3) is 0.857. The van der Waals surface area contributed by atoms with Crippen molar-refractivity contribution in [3.8, 4) is 0 Å². The van der Waals surface area contributed by atoms with Gasteiger partial charge in [-0.1, -0.05) is 5.16 Å². The molecule has 0 aromatic heterocycles. The summed E-state index contributed by atoms with van der Waals surface area (Å²) < 4.78 is 5.41. The number of amidine groups is 1. The fourth-order valence-corrected chi connectivity index (χ4v) is 1.26. The third-order valence-corrected chi connectivity index (χ3v) is 1.91. The summed E-state index contributed by atoms with van der Waals surface area (Å²) in [4.78, 5) is 2.17. The number of nitrogens with two attached hydrogens (primary N) is 1. The van der Waals surface area contributed by atoms with Gasteiger partial charge in [-0.15, -0.1) is 0 Å². The summed E-state index contributed by atoms with van der Waals surface area (Å²) in [5, 5.41) is 11.2. The highest BCUT2D eigenvalue weighted by atomic mass is 16.5. The largest absolute Gasteiger partial charge is 0.409 e. The SMILES string of the molecule is CN1CCOC(C/C(N)=N/O)C1. The van der Waals surface area contributed by atoms with Crippen LogP contribution in [0.2, 0.25) is 0 Å². The lowest BCUT2D eigenvalue weighted by Crippen LogP contribution is -2.41. The van der Waals surface area contributed by atoms with Gasteiger partial charge in [0.15, 0.2) is 0 Å². The Morgan fingerprint density at radius 2 is 2.58 bits per heavy atom.